The second kappa shape index (κ2) is 3.58. The molecule has 1 aliphatic rings. The van der Waals surface area contributed by atoms with Crippen molar-refractivity contribution < 1.29 is 0 Å². The van der Waals surface area contributed by atoms with E-state index >= 15 is 0 Å². The molecule has 0 spiro atoms. The highest BCUT2D eigenvalue weighted by Gasteiger charge is 2.20. The topological polar surface area (TPSA) is 7.60 Å². The van der Waals surface area contributed by atoms with E-state index in [-0.39, 0.29) is 0 Å². The number of nitrogens with zero attached hydrogens (tertiary/aromatic N) is 2. The lowest BCUT2D eigenvalue weighted by atomic mass is 10.1. The second-order valence-corrected chi connectivity index (χ2v) is 2.79. The van der Waals surface area contributed by atoms with Crippen molar-refractivity contribution in [3.63, 3.8) is 0 Å². The fourth-order valence-electron chi connectivity index (χ4n) is 1.36. The van der Waals surface area contributed by atoms with Gasteiger partial charge < -0.3 is 9.74 Å². The van der Waals surface area contributed by atoms with Crippen LogP contribution < -0.4 is 0 Å². The minimum absolute atomic E-state index is 0.322. The van der Waals surface area contributed by atoms with Crippen molar-refractivity contribution in [1.82, 2.24) is 4.90 Å². The highest BCUT2D eigenvalue weighted by atomic mass is 15.1. The van der Waals surface area contributed by atoms with Gasteiger partial charge in [0.2, 0.25) is 6.04 Å². The number of likely N-dealkylation sites (tertiary alicyclic amines) is 1. The third-order valence-corrected chi connectivity index (χ3v) is 2.19. The Morgan fingerprint density at radius 3 is 2.50 bits per heavy atom. The Hall–Kier alpha value is -0.550. The molecular formula is C8H14N2. The Balaban J connectivity index is 2.25. The Kier molecular flexibility index (Phi) is 2.70. The van der Waals surface area contributed by atoms with Crippen LogP contribution in [0, 0.1) is 6.57 Å². The first-order valence-electron chi connectivity index (χ1n) is 3.95. The van der Waals surface area contributed by atoms with Crippen molar-refractivity contribution in [3.8, 4) is 0 Å². The van der Waals surface area contributed by atoms with E-state index in [9.17, 15) is 0 Å². The van der Waals surface area contributed by atoms with Crippen molar-refractivity contribution >= 4 is 0 Å². The Morgan fingerprint density at radius 1 is 1.50 bits per heavy atom. The minimum atomic E-state index is 0.322. The molecule has 2 nitrogen and oxygen atoms in total. The van der Waals surface area contributed by atoms with Crippen LogP contribution in [0.25, 0.3) is 4.85 Å². The van der Waals surface area contributed by atoms with Gasteiger partial charge in [-0.25, -0.2) is 6.57 Å². The van der Waals surface area contributed by atoms with Gasteiger partial charge in [0.1, 0.15) is 0 Å². The summed E-state index contributed by atoms with van der Waals surface area (Å²) in [5, 5.41) is 0. The molecule has 0 unspecified atom stereocenters. The molecule has 0 aromatic rings. The highest BCUT2D eigenvalue weighted by molar-refractivity contribution is 4.84. The maximum Gasteiger partial charge on any atom is 0.226 e. The highest BCUT2D eigenvalue weighted by Crippen LogP contribution is 2.12. The monoisotopic (exact) mass is 138 g/mol. The van der Waals surface area contributed by atoms with Crippen molar-refractivity contribution in [2.75, 3.05) is 19.6 Å². The smallest absolute Gasteiger partial charge is 0.226 e. The first-order valence-corrected chi connectivity index (χ1v) is 3.95. The van der Waals surface area contributed by atoms with Gasteiger partial charge >= 0.3 is 0 Å². The van der Waals surface area contributed by atoms with Crippen LogP contribution in [0.3, 0.4) is 0 Å². The van der Waals surface area contributed by atoms with Gasteiger partial charge in [0.25, 0.3) is 0 Å². The lowest BCUT2D eigenvalue weighted by Crippen LogP contribution is -2.34. The molecule has 56 valence electrons. The van der Waals surface area contributed by atoms with Crippen LogP contribution in [0.1, 0.15) is 19.8 Å². The fraction of sp³-hybridized carbons (Fsp3) is 0.875. The largest absolute Gasteiger partial charge is 0.314 e. The summed E-state index contributed by atoms with van der Waals surface area (Å²) in [5.41, 5.74) is 0. The van der Waals surface area contributed by atoms with Crippen LogP contribution in [-0.4, -0.2) is 30.6 Å². The van der Waals surface area contributed by atoms with Crippen LogP contribution in [0.4, 0.5) is 0 Å². The van der Waals surface area contributed by atoms with E-state index in [0.717, 1.165) is 32.5 Å². The van der Waals surface area contributed by atoms with Crippen LogP contribution in [0.5, 0.6) is 0 Å². The zero-order valence-electron chi connectivity index (χ0n) is 6.51. The van der Waals surface area contributed by atoms with Crippen LogP contribution in [0.2, 0.25) is 0 Å². The summed E-state index contributed by atoms with van der Waals surface area (Å²) in [6.45, 7) is 12.4. The Morgan fingerprint density at radius 2 is 2.10 bits per heavy atom. The second-order valence-electron chi connectivity index (χ2n) is 2.79. The Bertz CT molecular complexity index is 129. The van der Waals surface area contributed by atoms with Crippen molar-refractivity contribution in [2.45, 2.75) is 25.8 Å². The molecule has 0 bridgehead atoms. The summed E-state index contributed by atoms with van der Waals surface area (Å²) in [5.74, 6) is 0. The van der Waals surface area contributed by atoms with Gasteiger partial charge in [-0.15, -0.1) is 0 Å². The molecule has 0 amide bonds. The predicted molar refractivity (Wildman–Crippen MR) is 41.7 cm³/mol. The third-order valence-electron chi connectivity index (χ3n) is 2.19. The van der Waals surface area contributed by atoms with Gasteiger partial charge in [0, 0.05) is 25.9 Å². The molecule has 1 fully saturated rings. The van der Waals surface area contributed by atoms with Gasteiger partial charge in [-0.3, -0.25) is 0 Å². The quantitative estimate of drug-likeness (QED) is 0.497. The van der Waals surface area contributed by atoms with Gasteiger partial charge in [-0.2, -0.15) is 0 Å². The molecular weight excluding hydrogens is 124 g/mol. The number of piperidine rings is 1. The van der Waals surface area contributed by atoms with E-state index in [2.05, 4.69) is 16.7 Å². The van der Waals surface area contributed by atoms with Gasteiger partial charge in [-0.05, 0) is 6.54 Å². The van der Waals surface area contributed by atoms with Crippen molar-refractivity contribution in [2.24, 2.45) is 0 Å². The molecule has 1 rings (SSSR count). The fourth-order valence-corrected chi connectivity index (χ4v) is 1.36. The van der Waals surface area contributed by atoms with E-state index in [4.69, 9.17) is 6.57 Å². The zero-order valence-corrected chi connectivity index (χ0v) is 6.51. The summed E-state index contributed by atoms with van der Waals surface area (Å²) in [7, 11) is 0. The summed E-state index contributed by atoms with van der Waals surface area (Å²) in [6.07, 6.45) is 2.16. The normalized spacial score (nSPS) is 22.4. The number of rotatable bonds is 1. The molecule has 0 aromatic heterocycles. The minimum Gasteiger partial charge on any atom is -0.314 e. The molecule has 1 aliphatic heterocycles. The van der Waals surface area contributed by atoms with E-state index < -0.39 is 0 Å². The SMILES string of the molecule is [C-]#[N+]C1CCN(CC)CC1. The van der Waals surface area contributed by atoms with E-state index in [1.165, 1.54) is 0 Å². The van der Waals surface area contributed by atoms with Crippen LogP contribution >= 0.6 is 0 Å². The number of hydrogen-bond acceptors (Lipinski definition) is 1. The molecule has 2 heteroatoms. The predicted octanol–water partition coefficient (Wildman–Crippen LogP) is 1.39. The Labute approximate surface area is 62.7 Å². The average Bonchev–Trinajstić information content (AvgIpc) is 2.05. The maximum absolute atomic E-state index is 6.83. The van der Waals surface area contributed by atoms with E-state index in [1.807, 2.05) is 0 Å². The zero-order chi connectivity index (χ0) is 7.40. The van der Waals surface area contributed by atoms with Crippen LogP contribution in [0.15, 0.2) is 0 Å². The molecule has 0 saturated carbocycles. The molecule has 0 atom stereocenters. The molecule has 1 saturated heterocycles. The summed E-state index contributed by atoms with van der Waals surface area (Å²) in [4.78, 5) is 5.94. The maximum atomic E-state index is 6.83. The van der Waals surface area contributed by atoms with E-state index in [1.54, 1.807) is 0 Å². The molecule has 0 aliphatic carbocycles. The van der Waals surface area contributed by atoms with E-state index in [0.29, 0.717) is 6.04 Å². The summed E-state index contributed by atoms with van der Waals surface area (Å²) < 4.78 is 0. The first kappa shape index (κ1) is 7.56. The lowest BCUT2D eigenvalue weighted by Gasteiger charge is -2.25. The summed E-state index contributed by atoms with van der Waals surface area (Å²) >= 11 is 0. The molecule has 10 heavy (non-hydrogen) atoms. The van der Waals surface area contributed by atoms with Crippen molar-refractivity contribution in [1.29, 1.82) is 0 Å². The van der Waals surface area contributed by atoms with Crippen LogP contribution in [-0.2, 0) is 0 Å². The molecule has 1 heterocycles. The standard InChI is InChI=1S/C8H14N2/c1-3-10-6-4-8(9-2)5-7-10/h8H,3-7H2,1H3. The van der Waals surface area contributed by atoms with Gasteiger partial charge in [0.15, 0.2) is 0 Å². The third kappa shape index (κ3) is 1.71. The molecule has 0 aromatic carbocycles. The summed E-state index contributed by atoms with van der Waals surface area (Å²) in [6, 6.07) is 0.322. The lowest BCUT2D eigenvalue weighted by molar-refractivity contribution is 0.234. The first-order chi connectivity index (χ1) is 4.86. The molecule has 0 N–H and O–H groups in total. The molecule has 0 radical (unpaired) electrons. The average molecular weight is 138 g/mol. The van der Waals surface area contributed by atoms with Gasteiger partial charge in [0.05, 0.1) is 0 Å². The van der Waals surface area contributed by atoms with Gasteiger partial charge in [-0.1, -0.05) is 6.92 Å². The van der Waals surface area contributed by atoms with Crippen molar-refractivity contribution in [3.05, 3.63) is 11.4 Å². The number of hydrogen-bond donors (Lipinski definition) is 0.